The zero-order valence-electron chi connectivity index (χ0n) is 8.20. The number of allylic oxidation sites excluding steroid dienone is 1. The van der Waals surface area contributed by atoms with Gasteiger partial charge in [0.05, 0.1) is 6.61 Å². The highest BCUT2D eigenvalue weighted by atomic mass is 19.1. The maximum Gasteiger partial charge on any atom is 0.344 e. The number of hydrogen-bond acceptors (Lipinski definition) is 3. The lowest BCUT2D eigenvalue weighted by Gasteiger charge is -2.29. The summed E-state index contributed by atoms with van der Waals surface area (Å²) in [6, 6.07) is 0. The van der Waals surface area contributed by atoms with E-state index in [9.17, 15) is 14.3 Å². The fraction of sp³-hybridized carbons (Fsp3) is 0.700. The highest BCUT2D eigenvalue weighted by Gasteiger charge is 2.41. The van der Waals surface area contributed by atoms with E-state index in [4.69, 9.17) is 0 Å². The van der Waals surface area contributed by atoms with Crippen LogP contribution in [0, 0.1) is 0 Å². The van der Waals surface area contributed by atoms with Crippen LogP contribution >= 0.6 is 0 Å². The van der Waals surface area contributed by atoms with Crippen molar-refractivity contribution in [3.63, 3.8) is 0 Å². The molecular formula is C10H15FO3. The van der Waals surface area contributed by atoms with Gasteiger partial charge >= 0.3 is 5.97 Å². The minimum absolute atomic E-state index is 0.124. The van der Waals surface area contributed by atoms with Gasteiger partial charge < -0.3 is 9.84 Å². The molecule has 0 amide bonds. The van der Waals surface area contributed by atoms with Crippen LogP contribution in [-0.2, 0) is 9.53 Å². The van der Waals surface area contributed by atoms with Crippen LogP contribution in [-0.4, -0.2) is 29.5 Å². The van der Waals surface area contributed by atoms with E-state index in [1.165, 1.54) is 6.08 Å². The lowest BCUT2D eigenvalue weighted by atomic mass is 9.87. The fourth-order valence-electron chi connectivity index (χ4n) is 1.50. The number of ether oxygens (including phenoxy) is 1. The van der Waals surface area contributed by atoms with Crippen LogP contribution in [0.15, 0.2) is 12.2 Å². The van der Waals surface area contributed by atoms with Crippen molar-refractivity contribution >= 4 is 5.97 Å². The maximum atomic E-state index is 13.5. The van der Waals surface area contributed by atoms with Crippen molar-refractivity contribution in [1.82, 2.24) is 0 Å². The molecule has 0 aromatic rings. The number of aliphatic hydroxyl groups is 1. The Morgan fingerprint density at radius 3 is 3.00 bits per heavy atom. The quantitative estimate of drug-likeness (QED) is 0.555. The van der Waals surface area contributed by atoms with Gasteiger partial charge in [0, 0.05) is 0 Å². The predicted octanol–water partition coefficient (Wildman–Crippen LogP) is 1.36. The number of hydrogen-bond donors (Lipinski definition) is 1. The molecule has 0 radical (unpaired) electrons. The Labute approximate surface area is 82.6 Å². The highest BCUT2D eigenvalue weighted by molar-refractivity contribution is 5.76. The molecule has 0 aromatic heterocycles. The molecule has 80 valence electrons. The standard InChI is InChI=1S/C10H15FO3/c1-2-14-9(12)8(11)10(13)6-4-3-5-7-10/h4,6,8,13H,2-3,5,7H2,1H3. The summed E-state index contributed by atoms with van der Waals surface area (Å²) >= 11 is 0. The second kappa shape index (κ2) is 4.55. The summed E-state index contributed by atoms with van der Waals surface area (Å²) in [6.07, 6.45) is 2.85. The zero-order valence-corrected chi connectivity index (χ0v) is 8.20. The number of esters is 1. The van der Waals surface area contributed by atoms with E-state index in [0.29, 0.717) is 6.42 Å². The third-order valence-electron chi connectivity index (χ3n) is 2.29. The smallest absolute Gasteiger partial charge is 0.344 e. The van der Waals surface area contributed by atoms with Crippen molar-refractivity contribution in [1.29, 1.82) is 0 Å². The van der Waals surface area contributed by atoms with Crippen molar-refractivity contribution < 1.29 is 19.0 Å². The van der Waals surface area contributed by atoms with E-state index in [-0.39, 0.29) is 13.0 Å². The van der Waals surface area contributed by atoms with Gasteiger partial charge in [-0.15, -0.1) is 0 Å². The van der Waals surface area contributed by atoms with Crippen molar-refractivity contribution in [2.75, 3.05) is 6.61 Å². The Hall–Kier alpha value is -0.900. The van der Waals surface area contributed by atoms with Gasteiger partial charge in [-0.05, 0) is 26.2 Å². The number of halogens is 1. The van der Waals surface area contributed by atoms with Gasteiger partial charge in [0.15, 0.2) is 0 Å². The second-order valence-corrected chi connectivity index (χ2v) is 3.40. The number of carbonyl (C=O) groups excluding carboxylic acids is 1. The van der Waals surface area contributed by atoms with E-state index >= 15 is 0 Å². The summed E-state index contributed by atoms with van der Waals surface area (Å²) in [7, 11) is 0. The van der Waals surface area contributed by atoms with Crippen molar-refractivity contribution in [2.24, 2.45) is 0 Å². The SMILES string of the molecule is CCOC(=O)C(F)C1(O)C=CCCC1. The monoisotopic (exact) mass is 202 g/mol. The van der Waals surface area contributed by atoms with Crippen LogP contribution in [0.2, 0.25) is 0 Å². The summed E-state index contributed by atoms with van der Waals surface area (Å²) in [4.78, 5) is 11.1. The normalized spacial score (nSPS) is 28.5. The van der Waals surface area contributed by atoms with Crippen molar-refractivity contribution in [3.8, 4) is 0 Å². The van der Waals surface area contributed by atoms with E-state index in [1.54, 1.807) is 13.0 Å². The van der Waals surface area contributed by atoms with Crippen LogP contribution in [0.3, 0.4) is 0 Å². The van der Waals surface area contributed by atoms with Gasteiger partial charge in [0.1, 0.15) is 5.60 Å². The summed E-state index contributed by atoms with van der Waals surface area (Å²) in [5, 5.41) is 9.77. The molecular weight excluding hydrogens is 187 g/mol. The minimum Gasteiger partial charge on any atom is -0.464 e. The van der Waals surface area contributed by atoms with Gasteiger partial charge in [-0.1, -0.05) is 12.2 Å². The zero-order chi connectivity index (χ0) is 10.6. The van der Waals surface area contributed by atoms with Crippen LogP contribution in [0.25, 0.3) is 0 Å². The van der Waals surface area contributed by atoms with Crippen molar-refractivity contribution in [2.45, 2.75) is 38.0 Å². The van der Waals surface area contributed by atoms with Crippen LogP contribution in [0.1, 0.15) is 26.2 Å². The number of rotatable bonds is 3. The highest BCUT2D eigenvalue weighted by Crippen LogP contribution is 2.28. The third-order valence-corrected chi connectivity index (χ3v) is 2.29. The topological polar surface area (TPSA) is 46.5 Å². The first-order valence-corrected chi connectivity index (χ1v) is 4.81. The molecule has 1 rings (SSSR count). The molecule has 14 heavy (non-hydrogen) atoms. The molecule has 2 atom stereocenters. The molecule has 1 aliphatic carbocycles. The Morgan fingerprint density at radius 1 is 1.79 bits per heavy atom. The first-order chi connectivity index (χ1) is 6.60. The summed E-state index contributed by atoms with van der Waals surface area (Å²) in [6.45, 7) is 1.73. The molecule has 0 aromatic carbocycles. The van der Waals surface area contributed by atoms with Gasteiger partial charge in [-0.2, -0.15) is 0 Å². The molecule has 0 saturated heterocycles. The summed E-state index contributed by atoms with van der Waals surface area (Å²) in [5.74, 6) is -0.985. The molecule has 0 bridgehead atoms. The second-order valence-electron chi connectivity index (χ2n) is 3.40. The molecule has 2 unspecified atom stereocenters. The summed E-state index contributed by atoms with van der Waals surface area (Å²) < 4.78 is 18.0. The Morgan fingerprint density at radius 2 is 2.50 bits per heavy atom. The van der Waals surface area contributed by atoms with E-state index in [0.717, 1.165) is 6.42 Å². The van der Waals surface area contributed by atoms with E-state index < -0.39 is 17.7 Å². The number of carbonyl (C=O) groups is 1. The van der Waals surface area contributed by atoms with E-state index in [1.807, 2.05) is 0 Å². The Balaban J connectivity index is 2.66. The van der Waals surface area contributed by atoms with E-state index in [2.05, 4.69) is 4.74 Å². The molecule has 0 spiro atoms. The fourth-order valence-corrected chi connectivity index (χ4v) is 1.50. The minimum atomic E-state index is -1.97. The van der Waals surface area contributed by atoms with Crippen LogP contribution in [0.4, 0.5) is 4.39 Å². The summed E-state index contributed by atoms with van der Waals surface area (Å²) in [5.41, 5.74) is -1.66. The molecule has 4 heteroatoms. The largest absolute Gasteiger partial charge is 0.464 e. The lowest BCUT2D eigenvalue weighted by molar-refractivity contribution is -0.157. The van der Waals surface area contributed by atoms with Gasteiger partial charge in [0.25, 0.3) is 0 Å². The van der Waals surface area contributed by atoms with Gasteiger partial charge in [-0.25, -0.2) is 9.18 Å². The van der Waals surface area contributed by atoms with Crippen molar-refractivity contribution in [3.05, 3.63) is 12.2 Å². The molecule has 3 nitrogen and oxygen atoms in total. The molecule has 0 saturated carbocycles. The predicted molar refractivity (Wildman–Crippen MR) is 49.5 cm³/mol. The lowest BCUT2D eigenvalue weighted by Crippen LogP contribution is -2.44. The average Bonchev–Trinajstić information content (AvgIpc) is 2.18. The van der Waals surface area contributed by atoms with Gasteiger partial charge in [0.2, 0.25) is 6.17 Å². The first kappa shape index (κ1) is 11.2. The molecule has 0 fully saturated rings. The molecule has 0 heterocycles. The maximum absolute atomic E-state index is 13.5. The average molecular weight is 202 g/mol. The van der Waals surface area contributed by atoms with Gasteiger partial charge in [-0.3, -0.25) is 0 Å². The molecule has 0 aliphatic heterocycles. The molecule has 1 N–H and O–H groups in total. The Bertz CT molecular complexity index is 240. The first-order valence-electron chi connectivity index (χ1n) is 4.81. The third kappa shape index (κ3) is 2.32. The number of alkyl halides is 1. The van der Waals surface area contributed by atoms with Crippen LogP contribution < -0.4 is 0 Å². The Kier molecular flexibility index (Phi) is 3.63. The molecule has 1 aliphatic rings. The van der Waals surface area contributed by atoms with Crippen LogP contribution in [0.5, 0.6) is 0 Å².